The number of nitrogens with two attached hydrogens (primary N) is 1. The third kappa shape index (κ3) is 2.07. The zero-order valence-electron chi connectivity index (χ0n) is 10.4. The van der Waals surface area contributed by atoms with Crippen LogP contribution < -0.4 is 5.73 Å². The average molecular weight is 247 g/mol. The molecule has 2 N–H and O–H groups in total. The van der Waals surface area contributed by atoms with Crippen LogP contribution in [-0.2, 0) is 11.3 Å². The molecule has 3 rings (SSSR count). The molecule has 1 aliphatic rings. The fourth-order valence-electron chi connectivity index (χ4n) is 2.30. The molecule has 2 aromatic rings. The molecule has 18 heavy (non-hydrogen) atoms. The van der Waals surface area contributed by atoms with Crippen LogP contribution in [0.1, 0.15) is 12.3 Å². The number of oxazole rings is 1. The monoisotopic (exact) mass is 247 g/mol. The minimum Gasteiger partial charge on any atom is -0.439 e. The number of para-hydroxylation sites is 1. The summed E-state index contributed by atoms with van der Waals surface area (Å²) in [6.45, 7) is 2.32. The molecule has 0 amide bonds. The molecule has 1 atom stereocenters. The number of hydrogen-bond donors (Lipinski definition) is 1. The summed E-state index contributed by atoms with van der Waals surface area (Å²) >= 11 is 0. The molecule has 1 fully saturated rings. The van der Waals surface area contributed by atoms with E-state index in [9.17, 15) is 0 Å². The maximum Gasteiger partial charge on any atom is 0.209 e. The molecule has 5 nitrogen and oxygen atoms in total. The number of aromatic nitrogens is 1. The highest BCUT2D eigenvalue weighted by molar-refractivity contribution is 5.85. The number of hydrogen-bond acceptors (Lipinski definition) is 5. The van der Waals surface area contributed by atoms with E-state index in [0.29, 0.717) is 24.2 Å². The van der Waals surface area contributed by atoms with E-state index in [2.05, 4.69) is 16.9 Å². The van der Waals surface area contributed by atoms with Gasteiger partial charge in [-0.05, 0) is 25.6 Å². The van der Waals surface area contributed by atoms with E-state index >= 15 is 0 Å². The van der Waals surface area contributed by atoms with Crippen molar-refractivity contribution in [2.75, 3.05) is 26.0 Å². The number of rotatable bonds is 3. The second kappa shape index (κ2) is 4.59. The number of fused-ring (bicyclic) bond motifs is 1. The second-order valence-electron chi connectivity index (χ2n) is 4.73. The Morgan fingerprint density at radius 3 is 3.11 bits per heavy atom. The predicted octanol–water partition coefficient (Wildman–Crippen LogP) is 1.63. The largest absolute Gasteiger partial charge is 0.439 e. The Kier molecular flexibility index (Phi) is 2.93. The molecule has 96 valence electrons. The van der Waals surface area contributed by atoms with Crippen LogP contribution in [0.2, 0.25) is 0 Å². The second-order valence-corrected chi connectivity index (χ2v) is 4.73. The molecule has 2 heterocycles. The highest BCUT2D eigenvalue weighted by Crippen LogP contribution is 2.22. The van der Waals surface area contributed by atoms with Crippen molar-refractivity contribution in [1.29, 1.82) is 0 Å². The molecule has 1 unspecified atom stereocenters. The number of benzene rings is 1. The van der Waals surface area contributed by atoms with E-state index in [1.54, 1.807) is 0 Å². The minimum absolute atomic E-state index is 0.456. The van der Waals surface area contributed by atoms with Crippen LogP contribution in [0.4, 0.5) is 5.69 Å². The first-order valence-electron chi connectivity index (χ1n) is 6.16. The van der Waals surface area contributed by atoms with Crippen molar-refractivity contribution < 1.29 is 9.15 Å². The SMILES string of the molecule is CN(Cc1nc2c(N)cccc2o1)C1CCOC1. The van der Waals surface area contributed by atoms with E-state index in [4.69, 9.17) is 14.9 Å². The van der Waals surface area contributed by atoms with Crippen LogP contribution in [0.25, 0.3) is 11.1 Å². The normalized spacial score (nSPS) is 20.0. The van der Waals surface area contributed by atoms with Gasteiger partial charge in [-0.25, -0.2) is 4.98 Å². The van der Waals surface area contributed by atoms with Gasteiger partial charge in [0.1, 0.15) is 5.52 Å². The van der Waals surface area contributed by atoms with Crippen molar-refractivity contribution in [3.8, 4) is 0 Å². The fourth-order valence-corrected chi connectivity index (χ4v) is 2.30. The number of ether oxygens (including phenoxy) is 1. The van der Waals surface area contributed by atoms with Gasteiger partial charge in [0.25, 0.3) is 0 Å². The Bertz CT molecular complexity index is 546. The number of anilines is 1. The highest BCUT2D eigenvalue weighted by atomic mass is 16.5. The van der Waals surface area contributed by atoms with E-state index in [1.165, 1.54) is 0 Å². The first-order valence-corrected chi connectivity index (χ1v) is 6.16. The maximum absolute atomic E-state index is 5.87. The van der Waals surface area contributed by atoms with Gasteiger partial charge in [0.05, 0.1) is 18.8 Å². The lowest BCUT2D eigenvalue weighted by Gasteiger charge is -2.20. The van der Waals surface area contributed by atoms with Gasteiger partial charge in [-0.2, -0.15) is 0 Å². The van der Waals surface area contributed by atoms with Gasteiger partial charge in [0.15, 0.2) is 5.58 Å². The number of nitrogen functional groups attached to an aromatic ring is 1. The van der Waals surface area contributed by atoms with E-state index in [-0.39, 0.29) is 0 Å². The van der Waals surface area contributed by atoms with E-state index in [1.807, 2.05) is 18.2 Å². The summed E-state index contributed by atoms with van der Waals surface area (Å²) in [4.78, 5) is 6.67. The fraction of sp³-hybridized carbons (Fsp3) is 0.462. The molecule has 1 saturated heterocycles. The minimum atomic E-state index is 0.456. The average Bonchev–Trinajstić information content (AvgIpc) is 2.97. The summed E-state index contributed by atoms with van der Waals surface area (Å²) in [6, 6.07) is 6.06. The zero-order valence-corrected chi connectivity index (χ0v) is 10.4. The smallest absolute Gasteiger partial charge is 0.209 e. The van der Waals surface area contributed by atoms with Crippen molar-refractivity contribution in [3.05, 3.63) is 24.1 Å². The van der Waals surface area contributed by atoms with Crippen LogP contribution in [0.5, 0.6) is 0 Å². The van der Waals surface area contributed by atoms with Gasteiger partial charge in [-0.15, -0.1) is 0 Å². The lowest BCUT2D eigenvalue weighted by molar-refractivity contribution is 0.151. The molecule has 0 aliphatic carbocycles. The van der Waals surface area contributed by atoms with Crippen molar-refractivity contribution in [3.63, 3.8) is 0 Å². The summed E-state index contributed by atoms with van der Waals surface area (Å²) in [5.74, 6) is 0.706. The quantitative estimate of drug-likeness (QED) is 0.835. The molecule has 0 bridgehead atoms. The third-order valence-corrected chi connectivity index (χ3v) is 3.41. The Morgan fingerprint density at radius 1 is 1.50 bits per heavy atom. The van der Waals surface area contributed by atoms with E-state index < -0.39 is 0 Å². The van der Waals surface area contributed by atoms with Crippen LogP contribution >= 0.6 is 0 Å². The molecule has 5 heteroatoms. The van der Waals surface area contributed by atoms with Crippen LogP contribution in [0.15, 0.2) is 22.6 Å². The Balaban J connectivity index is 1.80. The van der Waals surface area contributed by atoms with Crippen molar-refractivity contribution in [2.45, 2.75) is 19.0 Å². The maximum atomic E-state index is 5.87. The summed E-state index contributed by atoms with van der Waals surface area (Å²) in [7, 11) is 2.07. The van der Waals surface area contributed by atoms with Crippen molar-refractivity contribution in [2.24, 2.45) is 0 Å². The predicted molar refractivity (Wildman–Crippen MR) is 69.1 cm³/mol. The molecule has 0 spiro atoms. The zero-order chi connectivity index (χ0) is 12.5. The molecule has 1 aromatic carbocycles. The van der Waals surface area contributed by atoms with Crippen LogP contribution in [0, 0.1) is 0 Å². The first kappa shape index (κ1) is 11.5. The molecule has 1 aromatic heterocycles. The van der Waals surface area contributed by atoms with E-state index in [0.717, 1.165) is 30.7 Å². The molecular weight excluding hydrogens is 230 g/mol. The third-order valence-electron chi connectivity index (χ3n) is 3.41. The molecular formula is C13H17N3O2. The van der Waals surface area contributed by atoms with Crippen LogP contribution in [-0.4, -0.2) is 36.2 Å². The summed E-state index contributed by atoms with van der Waals surface area (Å²) < 4.78 is 11.1. The highest BCUT2D eigenvalue weighted by Gasteiger charge is 2.21. The van der Waals surface area contributed by atoms with Crippen molar-refractivity contribution in [1.82, 2.24) is 9.88 Å². The summed E-state index contributed by atoms with van der Waals surface area (Å²) in [5.41, 5.74) is 8.03. The van der Waals surface area contributed by atoms with Gasteiger partial charge >= 0.3 is 0 Å². The van der Waals surface area contributed by atoms with Gasteiger partial charge in [-0.1, -0.05) is 6.07 Å². The van der Waals surface area contributed by atoms with Crippen LogP contribution in [0.3, 0.4) is 0 Å². The summed E-state index contributed by atoms with van der Waals surface area (Å²) in [5, 5.41) is 0. The first-order chi connectivity index (χ1) is 8.74. The lowest BCUT2D eigenvalue weighted by Crippen LogP contribution is -2.31. The number of nitrogens with zero attached hydrogens (tertiary/aromatic N) is 2. The van der Waals surface area contributed by atoms with Gasteiger partial charge in [0.2, 0.25) is 5.89 Å². The Labute approximate surface area is 106 Å². The molecule has 0 saturated carbocycles. The van der Waals surface area contributed by atoms with Gasteiger partial charge < -0.3 is 14.9 Å². The Morgan fingerprint density at radius 2 is 2.39 bits per heavy atom. The van der Waals surface area contributed by atoms with Gasteiger partial charge in [0, 0.05) is 12.6 Å². The van der Waals surface area contributed by atoms with Crippen molar-refractivity contribution >= 4 is 16.8 Å². The number of likely N-dealkylation sites (N-methyl/N-ethyl adjacent to an activating group) is 1. The lowest BCUT2D eigenvalue weighted by atomic mass is 10.2. The Hall–Kier alpha value is -1.59. The topological polar surface area (TPSA) is 64.5 Å². The summed E-state index contributed by atoms with van der Waals surface area (Å²) in [6.07, 6.45) is 1.07. The van der Waals surface area contributed by atoms with Gasteiger partial charge in [-0.3, -0.25) is 4.90 Å². The molecule has 1 aliphatic heterocycles. The standard InChI is InChI=1S/C13H17N3O2/c1-16(9-5-6-17-8-9)7-12-15-13-10(14)3-2-4-11(13)18-12/h2-4,9H,5-8,14H2,1H3. The molecule has 0 radical (unpaired) electrons.